The lowest BCUT2D eigenvalue weighted by molar-refractivity contribution is -0.186. The fourth-order valence-electron chi connectivity index (χ4n) is 11.6. The maximum Gasteiger partial charge on any atom is 0.139 e. The number of aliphatic hydroxyl groups is 1. The molecule has 6 aliphatic rings. The van der Waals surface area contributed by atoms with Crippen molar-refractivity contribution in [1.82, 2.24) is 0 Å². The first-order chi connectivity index (χ1) is 15.6. The molecular weight excluding hydrogens is 424 g/mol. The van der Waals surface area contributed by atoms with Gasteiger partial charge in [-0.05, 0) is 106 Å². The van der Waals surface area contributed by atoms with E-state index >= 15 is 0 Å². The van der Waals surface area contributed by atoms with E-state index in [4.69, 9.17) is 4.74 Å². The van der Waals surface area contributed by atoms with Crippen LogP contribution in [0.1, 0.15) is 113 Å². The number of Topliss-reactive ketones (excluding diaryl/α,β-unsaturated/α-hetero) is 2. The summed E-state index contributed by atoms with van der Waals surface area (Å²) >= 11 is 0. The van der Waals surface area contributed by atoms with Crippen LogP contribution in [0.4, 0.5) is 0 Å². The molecule has 34 heavy (non-hydrogen) atoms. The topological polar surface area (TPSA) is 63.6 Å². The summed E-state index contributed by atoms with van der Waals surface area (Å²) in [6, 6.07) is 0. The quantitative estimate of drug-likeness (QED) is 0.547. The Hall–Kier alpha value is -0.740. The molecule has 0 aromatic carbocycles. The van der Waals surface area contributed by atoms with Crippen LogP contribution in [0.15, 0.2) is 0 Å². The second-order valence-electron chi connectivity index (χ2n) is 15.3. The maximum absolute atomic E-state index is 13.9. The van der Waals surface area contributed by atoms with Gasteiger partial charge in [0.05, 0.1) is 23.2 Å². The number of hydrogen-bond acceptors (Lipinski definition) is 4. The highest BCUT2D eigenvalue weighted by Gasteiger charge is 2.83. The fourth-order valence-corrected chi connectivity index (χ4v) is 11.6. The Morgan fingerprint density at radius 3 is 2.15 bits per heavy atom. The molecule has 190 valence electrons. The van der Waals surface area contributed by atoms with Crippen molar-refractivity contribution >= 4 is 11.6 Å². The van der Waals surface area contributed by atoms with Gasteiger partial charge >= 0.3 is 0 Å². The van der Waals surface area contributed by atoms with Crippen LogP contribution >= 0.6 is 0 Å². The monoisotopic (exact) mass is 470 g/mol. The molecule has 4 nitrogen and oxygen atoms in total. The molecule has 0 amide bonds. The molecule has 9 atom stereocenters. The van der Waals surface area contributed by atoms with Crippen LogP contribution in [0.2, 0.25) is 0 Å². The average molecular weight is 471 g/mol. The van der Waals surface area contributed by atoms with Gasteiger partial charge in [-0.15, -0.1) is 0 Å². The molecule has 4 heteroatoms. The first-order valence-corrected chi connectivity index (χ1v) is 14.0. The molecule has 0 bridgehead atoms. The van der Waals surface area contributed by atoms with Crippen LogP contribution < -0.4 is 0 Å². The first kappa shape index (κ1) is 23.6. The summed E-state index contributed by atoms with van der Waals surface area (Å²) in [7, 11) is 0. The van der Waals surface area contributed by atoms with E-state index in [0.29, 0.717) is 40.7 Å². The Balaban J connectivity index is 1.35. The second-order valence-corrected chi connectivity index (χ2v) is 15.3. The minimum Gasteiger partial charge on any atom is -0.388 e. The summed E-state index contributed by atoms with van der Waals surface area (Å²) in [5.74, 6) is 1.87. The summed E-state index contributed by atoms with van der Waals surface area (Å²) in [5.41, 5.74) is -0.977. The van der Waals surface area contributed by atoms with Crippen LogP contribution in [0.25, 0.3) is 0 Å². The highest BCUT2D eigenvalue weighted by Crippen LogP contribution is 2.88. The van der Waals surface area contributed by atoms with E-state index < -0.39 is 11.2 Å². The minimum absolute atomic E-state index is 0.00768. The molecule has 0 radical (unpaired) electrons. The van der Waals surface area contributed by atoms with Crippen LogP contribution in [-0.4, -0.2) is 34.0 Å². The Kier molecular flexibility index (Phi) is 4.44. The fraction of sp³-hybridized carbons (Fsp3) is 0.933. The molecule has 1 heterocycles. The third-order valence-electron chi connectivity index (χ3n) is 13.3. The molecule has 0 aromatic heterocycles. The molecule has 5 aliphatic carbocycles. The summed E-state index contributed by atoms with van der Waals surface area (Å²) < 4.78 is 6.61. The number of carbonyl (C=O) groups excluding carboxylic acids is 2. The van der Waals surface area contributed by atoms with Crippen molar-refractivity contribution in [2.45, 2.75) is 130 Å². The Morgan fingerprint density at radius 1 is 0.853 bits per heavy atom. The summed E-state index contributed by atoms with van der Waals surface area (Å²) in [5, 5.41) is 10.6. The van der Waals surface area contributed by atoms with Gasteiger partial charge in [0.25, 0.3) is 0 Å². The predicted molar refractivity (Wildman–Crippen MR) is 131 cm³/mol. The van der Waals surface area contributed by atoms with Crippen molar-refractivity contribution < 1.29 is 19.4 Å². The van der Waals surface area contributed by atoms with Gasteiger partial charge < -0.3 is 9.84 Å². The third-order valence-corrected chi connectivity index (χ3v) is 13.3. The smallest absolute Gasteiger partial charge is 0.139 e. The summed E-state index contributed by atoms with van der Waals surface area (Å²) in [6.07, 6.45) is 9.85. The lowest BCUT2D eigenvalue weighted by Gasteiger charge is -2.62. The van der Waals surface area contributed by atoms with Crippen LogP contribution in [0.5, 0.6) is 0 Å². The molecule has 1 N–H and O–H groups in total. The molecule has 5 saturated carbocycles. The van der Waals surface area contributed by atoms with Crippen molar-refractivity contribution in [3.05, 3.63) is 0 Å². The standard InChI is InChI=1S/C30H46O4/c1-24(2)19-8-9-20-27(6)16-18(31)23(28(7)12-11-22(34-28)25(3,4)33)26(27,5)14-15-30(20)17-29(19,30)13-10-21(24)32/h19-20,22-23,33H,8-17H2,1-7H3/t19?,20?,22-,23?,26-,27+,28+,29-,30+/m1/s1. The van der Waals surface area contributed by atoms with Gasteiger partial charge in [0.1, 0.15) is 11.6 Å². The molecule has 6 rings (SSSR count). The number of hydrogen-bond donors (Lipinski definition) is 1. The maximum atomic E-state index is 13.9. The Labute approximate surface area is 206 Å². The highest BCUT2D eigenvalue weighted by molar-refractivity contribution is 5.87. The van der Waals surface area contributed by atoms with E-state index in [0.717, 1.165) is 38.5 Å². The van der Waals surface area contributed by atoms with E-state index in [-0.39, 0.29) is 28.3 Å². The van der Waals surface area contributed by atoms with Crippen molar-refractivity contribution in [2.75, 3.05) is 0 Å². The minimum atomic E-state index is -0.885. The van der Waals surface area contributed by atoms with Gasteiger partial charge in [0.2, 0.25) is 0 Å². The third kappa shape index (κ3) is 2.49. The lowest BCUT2D eigenvalue weighted by Crippen LogP contribution is -2.58. The van der Waals surface area contributed by atoms with Crippen molar-refractivity contribution in [1.29, 1.82) is 0 Å². The number of ether oxygens (including phenoxy) is 1. The molecular formula is C30H46O4. The van der Waals surface area contributed by atoms with E-state index in [2.05, 4.69) is 34.6 Å². The van der Waals surface area contributed by atoms with Crippen LogP contribution in [0, 0.1) is 44.8 Å². The zero-order chi connectivity index (χ0) is 24.7. The van der Waals surface area contributed by atoms with Crippen molar-refractivity contribution in [2.24, 2.45) is 44.8 Å². The van der Waals surface area contributed by atoms with Gasteiger partial charge in [-0.25, -0.2) is 0 Å². The molecule has 0 aromatic rings. The summed E-state index contributed by atoms with van der Waals surface area (Å²) in [4.78, 5) is 26.8. The predicted octanol–water partition coefficient (Wildman–Crippen LogP) is 5.88. The largest absolute Gasteiger partial charge is 0.388 e. The number of rotatable bonds is 2. The van der Waals surface area contributed by atoms with Gasteiger partial charge in [-0.3, -0.25) is 9.59 Å². The SMILES string of the molecule is CC1(C)C(=O)CC[C@]23C[C@]24CC[C@]2(C)C([C@]5(C)CC[C@H](C(C)(C)O)O5)C(=O)C[C@@]2(C)C4CCC13. The number of carbonyl (C=O) groups is 2. The van der Waals surface area contributed by atoms with E-state index in [9.17, 15) is 14.7 Å². The number of ketones is 2. The molecule has 3 unspecified atom stereocenters. The lowest BCUT2D eigenvalue weighted by atomic mass is 9.41. The highest BCUT2D eigenvalue weighted by atomic mass is 16.5. The van der Waals surface area contributed by atoms with E-state index in [1.807, 2.05) is 13.8 Å². The average Bonchev–Trinajstić information content (AvgIpc) is 3.11. The zero-order valence-corrected chi connectivity index (χ0v) is 22.6. The van der Waals surface area contributed by atoms with Gasteiger partial charge in [-0.1, -0.05) is 27.7 Å². The van der Waals surface area contributed by atoms with Crippen LogP contribution in [-0.2, 0) is 14.3 Å². The molecule has 1 saturated heterocycles. The second kappa shape index (κ2) is 6.39. The normalized spacial score (nSPS) is 55.9. The van der Waals surface area contributed by atoms with Gasteiger partial charge in [0.15, 0.2) is 0 Å². The van der Waals surface area contributed by atoms with Gasteiger partial charge in [0, 0.05) is 18.3 Å². The first-order valence-electron chi connectivity index (χ1n) is 14.0. The van der Waals surface area contributed by atoms with Gasteiger partial charge in [-0.2, -0.15) is 0 Å². The number of fused-ring (bicyclic) bond motifs is 2. The van der Waals surface area contributed by atoms with Crippen molar-refractivity contribution in [3.8, 4) is 0 Å². The van der Waals surface area contributed by atoms with Crippen molar-refractivity contribution in [3.63, 3.8) is 0 Å². The summed E-state index contributed by atoms with van der Waals surface area (Å²) in [6.45, 7) is 15.1. The Morgan fingerprint density at radius 2 is 1.50 bits per heavy atom. The molecule has 2 spiro atoms. The zero-order valence-electron chi connectivity index (χ0n) is 22.6. The Bertz CT molecular complexity index is 961. The molecule has 6 fully saturated rings. The van der Waals surface area contributed by atoms with E-state index in [1.165, 1.54) is 19.3 Å². The molecule has 1 aliphatic heterocycles. The van der Waals surface area contributed by atoms with E-state index in [1.54, 1.807) is 0 Å². The van der Waals surface area contributed by atoms with Crippen LogP contribution in [0.3, 0.4) is 0 Å².